The fraction of sp³-hybridized carbons (Fsp3) is 0. The summed E-state index contributed by atoms with van der Waals surface area (Å²) in [5, 5.41) is 16.5. The summed E-state index contributed by atoms with van der Waals surface area (Å²) in [7, 11) is 0. The zero-order valence-corrected chi connectivity index (χ0v) is 9.07. The number of hydrogen-bond donors (Lipinski definition) is 0. The van der Waals surface area contributed by atoms with Crippen molar-refractivity contribution in [3.05, 3.63) is 38.9 Å². The summed E-state index contributed by atoms with van der Waals surface area (Å²) in [6.45, 7) is 0. The first-order valence-electron chi connectivity index (χ1n) is 3.86. The molecule has 0 radical (unpaired) electrons. The summed E-state index contributed by atoms with van der Waals surface area (Å²) in [5.41, 5.74) is -0.813. The van der Waals surface area contributed by atoms with Crippen LogP contribution in [-0.4, -0.2) is 0 Å². The number of nitriles is 2. The van der Waals surface area contributed by atoms with Crippen LogP contribution in [0.5, 0.6) is 0 Å². The zero-order chi connectivity index (χ0) is 12.3. The Hall–Kier alpha value is -1.62. The van der Waals surface area contributed by atoms with E-state index in [4.69, 9.17) is 33.7 Å². The second-order valence-corrected chi connectivity index (χ2v) is 3.45. The summed E-state index contributed by atoms with van der Waals surface area (Å²) in [6.07, 6.45) is 0.840. The van der Waals surface area contributed by atoms with Crippen molar-refractivity contribution in [1.82, 2.24) is 0 Å². The molecule has 1 aromatic rings. The summed E-state index contributed by atoms with van der Waals surface area (Å²) < 4.78 is 26.3. The smallest absolute Gasteiger partial charge is 0.167 e. The maximum absolute atomic E-state index is 13.3. The summed E-state index contributed by atoms with van der Waals surface area (Å²) in [6, 6.07) is 3.72. The van der Waals surface area contributed by atoms with Gasteiger partial charge in [0, 0.05) is 5.56 Å². The largest absolute Gasteiger partial charge is 0.204 e. The van der Waals surface area contributed by atoms with E-state index in [1.165, 1.54) is 12.1 Å². The Balaban J connectivity index is 3.53. The molecule has 1 rings (SSSR count). The summed E-state index contributed by atoms with van der Waals surface area (Å²) in [4.78, 5) is 0. The number of benzene rings is 1. The first kappa shape index (κ1) is 12.4. The van der Waals surface area contributed by atoms with Crippen molar-refractivity contribution in [3.8, 4) is 12.1 Å². The molecule has 0 atom stereocenters. The van der Waals surface area contributed by atoms with Gasteiger partial charge in [0.15, 0.2) is 11.6 Å². The number of nitrogens with zero attached hydrogens (tertiary/aromatic N) is 2. The summed E-state index contributed by atoms with van der Waals surface area (Å²) in [5.74, 6) is -2.45. The molecular formula is C10H2Cl2F2N2. The topological polar surface area (TPSA) is 47.6 Å². The molecule has 2 nitrogen and oxygen atoms in total. The number of hydrogen-bond acceptors (Lipinski definition) is 2. The van der Waals surface area contributed by atoms with Crippen molar-refractivity contribution in [2.45, 2.75) is 0 Å². The average Bonchev–Trinajstić information content (AvgIpc) is 2.27. The van der Waals surface area contributed by atoms with Gasteiger partial charge in [-0.25, -0.2) is 8.78 Å². The third-order valence-electron chi connectivity index (χ3n) is 1.68. The lowest BCUT2D eigenvalue weighted by atomic mass is 10.1. The average molecular weight is 259 g/mol. The van der Waals surface area contributed by atoms with Crippen molar-refractivity contribution >= 4 is 29.3 Å². The van der Waals surface area contributed by atoms with E-state index in [1.54, 1.807) is 0 Å². The molecule has 0 aliphatic rings. The van der Waals surface area contributed by atoms with Crippen molar-refractivity contribution in [3.63, 3.8) is 0 Å². The van der Waals surface area contributed by atoms with E-state index in [0.29, 0.717) is 0 Å². The lowest BCUT2D eigenvalue weighted by molar-refractivity contribution is 0.507. The molecule has 0 unspecified atom stereocenters. The third-order valence-corrected chi connectivity index (χ3v) is 2.48. The highest BCUT2D eigenvalue weighted by Crippen LogP contribution is 2.31. The van der Waals surface area contributed by atoms with E-state index >= 15 is 0 Å². The van der Waals surface area contributed by atoms with Gasteiger partial charge in [0.1, 0.15) is 17.7 Å². The van der Waals surface area contributed by atoms with Crippen LogP contribution in [0.1, 0.15) is 5.56 Å². The van der Waals surface area contributed by atoms with Crippen LogP contribution in [0, 0.1) is 34.3 Å². The van der Waals surface area contributed by atoms with Gasteiger partial charge in [0.05, 0.1) is 10.0 Å². The molecule has 0 aliphatic carbocycles. The van der Waals surface area contributed by atoms with Gasteiger partial charge in [-0.1, -0.05) is 23.2 Å². The first-order valence-corrected chi connectivity index (χ1v) is 4.61. The number of allylic oxidation sites excluding steroid dienone is 1. The Labute approximate surface area is 99.9 Å². The Kier molecular flexibility index (Phi) is 3.84. The molecule has 0 aliphatic heterocycles. The van der Waals surface area contributed by atoms with Gasteiger partial charge in [-0.2, -0.15) is 10.5 Å². The maximum Gasteiger partial charge on any atom is 0.167 e. The molecule has 6 heteroatoms. The fourth-order valence-electron chi connectivity index (χ4n) is 0.952. The van der Waals surface area contributed by atoms with Gasteiger partial charge in [0.2, 0.25) is 0 Å². The molecule has 1 aromatic carbocycles. The van der Waals surface area contributed by atoms with E-state index < -0.39 is 22.8 Å². The van der Waals surface area contributed by atoms with Crippen LogP contribution in [0.4, 0.5) is 8.78 Å². The van der Waals surface area contributed by atoms with Gasteiger partial charge >= 0.3 is 0 Å². The molecule has 0 fully saturated rings. The van der Waals surface area contributed by atoms with Gasteiger partial charge in [-0.05, 0) is 12.1 Å². The van der Waals surface area contributed by atoms with Crippen molar-refractivity contribution < 1.29 is 8.78 Å². The zero-order valence-electron chi connectivity index (χ0n) is 7.56. The predicted octanol–water partition coefficient (Wildman–Crippen LogP) is 3.70. The minimum Gasteiger partial charge on any atom is -0.204 e. The highest BCUT2D eigenvalue weighted by atomic mass is 35.5. The van der Waals surface area contributed by atoms with E-state index in [-0.39, 0.29) is 10.0 Å². The lowest BCUT2D eigenvalue weighted by Gasteiger charge is -2.03. The molecule has 0 saturated carbocycles. The predicted molar refractivity (Wildman–Crippen MR) is 55.6 cm³/mol. The highest BCUT2D eigenvalue weighted by Gasteiger charge is 2.15. The SMILES string of the molecule is N#CC(C#N)=Cc1c(F)c(F)cc(Cl)c1Cl. The van der Waals surface area contributed by atoms with E-state index in [1.807, 2.05) is 0 Å². The van der Waals surface area contributed by atoms with Crippen LogP contribution in [0.15, 0.2) is 11.6 Å². The number of rotatable bonds is 1. The Morgan fingerprint density at radius 3 is 2.31 bits per heavy atom. The van der Waals surface area contributed by atoms with Crippen LogP contribution < -0.4 is 0 Å². The Morgan fingerprint density at radius 2 is 1.81 bits per heavy atom. The van der Waals surface area contributed by atoms with Gasteiger partial charge in [0.25, 0.3) is 0 Å². The van der Waals surface area contributed by atoms with Crippen molar-refractivity contribution in [2.24, 2.45) is 0 Å². The van der Waals surface area contributed by atoms with Gasteiger partial charge in [-0.15, -0.1) is 0 Å². The van der Waals surface area contributed by atoms with E-state index in [0.717, 1.165) is 12.1 Å². The minimum atomic E-state index is -1.25. The molecule has 0 bridgehead atoms. The number of halogens is 4. The second-order valence-electron chi connectivity index (χ2n) is 2.66. The molecule has 0 N–H and O–H groups in total. The van der Waals surface area contributed by atoms with Crippen LogP contribution >= 0.6 is 23.2 Å². The van der Waals surface area contributed by atoms with Crippen LogP contribution in [0.25, 0.3) is 6.08 Å². The Morgan fingerprint density at radius 1 is 1.25 bits per heavy atom. The maximum atomic E-state index is 13.3. The van der Waals surface area contributed by atoms with E-state index in [9.17, 15) is 8.78 Å². The highest BCUT2D eigenvalue weighted by molar-refractivity contribution is 6.42. The lowest BCUT2D eigenvalue weighted by Crippen LogP contribution is -1.92. The van der Waals surface area contributed by atoms with Crippen LogP contribution in [0.2, 0.25) is 10.0 Å². The normalized spacial score (nSPS) is 9.12. The van der Waals surface area contributed by atoms with Crippen LogP contribution in [0.3, 0.4) is 0 Å². The molecule has 0 heterocycles. The molecule has 16 heavy (non-hydrogen) atoms. The molecule has 0 aromatic heterocycles. The first-order chi connectivity index (χ1) is 7.51. The van der Waals surface area contributed by atoms with Crippen LogP contribution in [-0.2, 0) is 0 Å². The van der Waals surface area contributed by atoms with Crippen molar-refractivity contribution in [2.75, 3.05) is 0 Å². The fourth-order valence-corrected chi connectivity index (χ4v) is 1.34. The quantitative estimate of drug-likeness (QED) is 0.570. The molecule has 80 valence electrons. The van der Waals surface area contributed by atoms with Gasteiger partial charge in [-0.3, -0.25) is 0 Å². The Bertz CT molecular complexity index is 511. The molecule has 0 saturated heterocycles. The third kappa shape index (κ3) is 2.30. The monoisotopic (exact) mass is 258 g/mol. The minimum absolute atomic E-state index is 0.193. The van der Waals surface area contributed by atoms with Crippen molar-refractivity contribution in [1.29, 1.82) is 10.5 Å². The molecule has 0 amide bonds. The van der Waals surface area contributed by atoms with E-state index in [2.05, 4.69) is 0 Å². The molecular weight excluding hydrogens is 257 g/mol. The molecule has 0 spiro atoms. The van der Waals surface area contributed by atoms with Gasteiger partial charge < -0.3 is 0 Å². The second kappa shape index (κ2) is 4.94. The standard InChI is InChI=1S/C10H2Cl2F2N2/c11-7-2-8(13)10(14)6(9(7)12)1-5(3-15)4-16/h1-2H. The summed E-state index contributed by atoms with van der Waals surface area (Å²) >= 11 is 11.2.